The number of anilines is 1. The number of aromatic amines is 1. The number of amides is 1. The fourth-order valence-electron chi connectivity index (χ4n) is 3.27. The van der Waals surface area contributed by atoms with E-state index < -0.39 is 0 Å². The number of likely N-dealkylation sites (tertiary alicyclic amines) is 1. The molecule has 1 aliphatic heterocycles. The highest BCUT2D eigenvalue weighted by Crippen LogP contribution is 2.26. The van der Waals surface area contributed by atoms with Crippen LogP contribution in [0, 0.1) is 11.3 Å². The summed E-state index contributed by atoms with van der Waals surface area (Å²) in [5.74, 6) is 0.643. The summed E-state index contributed by atoms with van der Waals surface area (Å²) >= 11 is 0. The highest BCUT2D eigenvalue weighted by atomic mass is 16.2. The molecule has 1 fully saturated rings. The van der Waals surface area contributed by atoms with Crippen molar-refractivity contribution in [3.8, 4) is 6.07 Å². The average molecular weight is 354 g/mol. The zero-order valence-electron chi connectivity index (χ0n) is 14.5. The van der Waals surface area contributed by atoms with E-state index in [-0.39, 0.29) is 18.6 Å². The zero-order chi connectivity index (χ0) is 18.4. The summed E-state index contributed by atoms with van der Waals surface area (Å²) in [6.45, 7) is 1.15. The standard InChI is InChI=1S/C18H22N6O2/c19-7-1-4-13-10-20-17-16(13)18(22-12-21-17)23-14-5-2-8-24(11-14)15(26)6-3-9-25/h3,6,10,12,14,25H,1-2,4-5,8-9,11H2,(H2,20,21,22,23)/b6-3+/t14-/m1/s1. The lowest BCUT2D eigenvalue weighted by molar-refractivity contribution is -0.127. The van der Waals surface area contributed by atoms with Gasteiger partial charge in [0.25, 0.3) is 0 Å². The van der Waals surface area contributed by atoms with E-state index in [1.54, 1.807) is 4.90 Å². The Morgan fingerprint density at radius 1 is 1.54 bits per heavy atom. The Bertz CT molecular complexity index is 838. The molecule has 3 N–H and O–H groups in total. The number of carbonyl (C=O) groups excluding carboxylic acids is 1. The lowest BCUT2D eigenvalue weighted by atomic mass is 10.0. The Balaban J connectivity index is 1.76. The zero-order valence-corrected chi connectivity index (χ0v) is 14.5. The van der Waals surface area contributed by atoms with E-state index in [2.05, 4.69) is 26.3 Å². The van der Waals surface area contributed by atoms with Crippen molar-refractivity contribution in [2.24, 2.45) is 0 Å². The van der Waals surface area contributed by atoms with Gasteiger partial charge in [-0.05, 0) is 24.8 Å². The van der Waals surface area contributed by atoms with E-state index in [0.717, 1.165) is 35.3 Å². The van der Waals surface area contributed by atoms with Gasteiger partial charge < -0.3 is 20.3 Å². The molecule has 2 aromatic rings. The lowest BCUT2D eigenvalue weighted by Gasteiger charge is -2.33. The van der Waals surface area contributed by atoms with Gasteiger partial charge in [-0.1, -0.05) is 6.08 Å². The molecule has 8 nitrogen and oxygen atoms in total. The average Bonchev–Trinajstić information content (AvgIpc) is 3.09. The molecule has 1 atom stereocenters. The van der Waals surface area contributed by atoms with Crippen LogP contribution in [-0.4, -0.2) is 56.6 Å². The van der Waals surface area contributed by atoms with Crippen LogP contribution in [0.4, 0.5) is 5.82 Å². The van der Waals surface area contributed by atoms with Gasteiger partial charge in [-0.15, -0.1) is 0 Å². The van der Waals surface area contributed by atoms with Crippen molar-refractivity contribution in [1.29, 1.82) is 5.26 Å². The van der Waals surface area contributed by atoms with E-state index in [1.807, 2.05) is 6.20 Å². The molecule has 0 aromatic carbocycles. The summed E-state index contributed by atoms with van der Waals surface area (Å²) in [6.07, 6.45) is 9.16. The number of fused-ring (bicyclic) bond motifs is 1. The number of rotatable bonds is 6. The predicted octanol–water partition coefficient (Wildman–Crippen LogP) is 1.37. The molecular weight excluding hydrogens is 332 g/mol. The Labute approximate surface area is 151 Å². The summed E-state index contributed by atoms with van der Waals surface area (Å²) in [4.78, 5) is 25.7. The number of aryl methyl sites for hydroxylation is 1. The maximum absolute atomic E-state index is 12.1. The molecule has 26 heavy (non-hydrogen) atoms. The van der Waals surface area contributed by atoms with E-state index >= 15 is 0 Å². The second-order valence-electron chi connectivity index (χ2n) is 6.27. The van der Waals surface area contributed by atoms with Crippen LogP contribution in [0.15, 0.2) is 24.7 Å². The SMILES string of the molecule is N#CCCc1c[nH]c2ncnc(N[C@@H]3CCCN(C(=O)/C=C/CO)C3)c12. The number of aromatic nitrogens is 3. The highest BCUT2D eigenvalue weighted by Gasteiger charge is 2.23. The third-order valence-electron chi connectivity index (χ3n) is 4.50. The fourth-order valence-corrected chi connectivity index (χ4v) is 3.27. The first kappa shape index (κ1) is 17.9. The van der Waals surface area contributed by atoms with Crippen LogP contribution < -0.4 is 5.32 Å². The third kappa shape index (κ3) is 4.00. The van der Waals surface area contributed by atoms with Crippen molar-refractivity contribution in [1.82, 2.24) is 19.9 Å². The Morgan fingerprint density at radius 3 is 3.23 bits per heavy atom. The van der Waals surface area contributed by atoms with Crippen molar-refractivity contribution in [3.63, 3.8) is 0 Å². The van der Waals surface area contributed by atoms with Crippen molar-refractivity contribution < 1.29 is 9.90 Å². The van der Waals surface area contributed by atoms with E-state index in [1.165, 1.54) is 18.5 Å². The molecule has 3 rings (SSSR count). The number of hydrogen-bond acceptors (Lipinski definition) is 6. The van der Waals surface area contributed by atoms with Gasteiger partial charge in [-0.3, -0.25) is 4.79 Å². The molecule has 2 aromatic heterocycles. The van der Waals surface area contributed by atoms with Crippen LogP contribution in [-0.2, 0) is 11.2 Å². The van der Waals surface area contributed by atoms with E-state index in [4.69, 9.17) is 10.4 Å². The van der Waals surface area contributed by atoms with Crippen molar-refractivity contribution in [2.45, 2.75) is 31.7 Å². The summed E-state index contributed by atoms with van der Waals surface area (Å²) in [5.41, 5.74) is 1.75. The molecule has 0 spiro atoms. The molecule has 0 radical (unpaired) electrons. The summed E-state index contributed by atoms with van der Waals surface area (Å²) in [7, 11) is 0. The maximum Gasteiger partial charge on any atom is 0.246 e. The summed E-state index contributed by atoms with van der Waals surface area (Å²) < 4.78 is 0. The molecule has 1 amide bonds. The molecule has 0 aliphatic carbocycles. The number of nitrogens with zero attached hydrogens (tertiary/aromatic N) is 4. The topological polar surface area (TPSA) is 118 Å². The third-order valence-corrected chi connectivity index (χ3v) is 4.50. The molecule has 3 heterocycles. The van der Waals surface area contributed by atoms with Gasteiger partial charge in [0.1, 0.15) is 17.8 Å². The quantitative estimate of drug-likeness (QED) is 0.674. The first-order chi connectivity index (χ1) is 12.7. The van der Waals surface area contributed by atoms with Crippen molar-refractivity contribution in [2.75, 3.05) is 25.0 Å². The number of hydrogen-bond donors (Lipinski definition) is 3. The van der Waals surface area contributed by atoms with Gasteiger partial charge in [0, 0.05) is 37.8 Å². The number of H-pyrrole nitrogens is 1. The van der Waals surface area contributed by atoms with Gasteiger partial charge in [0.2, 0.25) is 5.91 Å². The van der Waals surface area contributed by atoms with Crippen LogP contribution in [0.5, 0.6) is 0 Å². The smallest absolute Gasteiger partial charge is 0.246 e. The molecular formula is C18H22N6O2. The normalized spacial score (nSPS) is 17.5. The number of aliphatic hydroxyl groups is 1. The van der Waals surface area contributed by atoms with Crippen molar-refractivity contribution in [3.05, 3.63) is 30.2 Å². The largest absolute Gasteiger partial charge is 0.392 e. The van der Waals surface area contributed by atoms with Crippen LogP contribution in [0.25, 0.3) is 11.0 Å². The second-order valence-corrected chi connectivity index (χ2v) is 6.27. The van der Waals surface area contributed by atoms with Crippen LogP contribution in [0.3, 0.4) is 0 Å². The molecule has 0 unspecified atom stereocenters. The number of nitriles is 1. The summed E-state index contributed by atoms with van der Waals surface area (Å²) in [5, 5.41) is 22.0. The minimum absolute atomic E-state index is 0.0882. The lowest BCUT2D eigenvalue weighted by Crippen LogP contribution is -2.44. The molecule has 1 saturated heterocycles. The Kier molecular flexibility index (Phi) is 5.81. The van der Waals surface area contributed by atoms with Gasteiger partial charge in [-0.2, -0.15) is 5.26 Å². The molecule has 0 saturated carbocycles. The molecule has 1 aliphatic rings. The van der Waals surface area contributed by atoms with E-state index in [0.29, 0.717) is 25.9 Å². The summed E-state index contributed by atoms with van der Waals surface area (Å²) in [6, 6.07) is 2.25. The van der Waals surface area contributed by atoms with Gasteiger partial charge >= 0.3 is 0 Å². The van der Waals surface area contributed by atoms with Crippen LogP contribution in [0.2, 0.25) is 0 Å². The Morgan fingerprint density at radius 2 is 2.42 bits per heavy atom. The predicted molar refractivity (Wildman–Crippen MR) is 97.3 cm³/mol. The number of piperidine rings is 1. The Hall–Kier alpha value is -2.92. The first-order valence-corrected chi connectivity index (χ1v) is 8.73. The highest BCUT2D eigenvalue weighted by molar-refractivity contribution is 5.90. The molecule has 136 valence electrons. The van der Waals surface area contributed by atoms with E-state index in [9.17, 15) is 4.79 Å². The fraction of sp³-hybridized carbons (Fsp3) is 0.444. The van der Waals surface area contributed by atoms with Crippen molar-refractivity contribution >= 4 is 22.8 Å². The number of carbonyl (C=O) groups is 1. The van der Waals surface area contributed by atoms with Gasteiger partial charge in [-0.25, -0.2) is 9.97 Å². The second kappa shape index (κ2) is 8.45. The monoisotopic (exact) mass is 354 g/mol. The molecule has 0 bridgehead atoms. The minimum Gasteiger partial charge on any atom is -0.392 e. The van der Waals surface area contributed by atoms with Crippen LogP contribution >= 0.6 is 0 Å². The van der Waals surface area contributed by atoms with Gasteiger partial charge in [0.15, 0.2) is 0 Å². The maximum atomic E-state index is 12.1. The van der Waals surface area contributed by atoms with Gasteiger partial charge in [0.05, 0.1) is 18.1 Å². The number of nitrogens with one attached hydrogen (secondary N) is 2. The van der Waals surface area contributed by atoms with Crippen LogP contribution in [0.1, 0.15) is 24.8 Å². The molecule has 8 heteroatoms. The first-order valence-electron chi connectivity index (χ1n) is 8.73. The number of aliphatic hydroxyl groups excluding tert-OH is 1. The minimum atomic E-state index is -0.140.